The van der Waals surface area contributed by atoms with Crippen molar-refractivity contribution in [1.29, 1.82) is 0 Å². The Kier molecular flexibility index (Phi) is 2.36. The quantitative estimate of drug-likeness (QED) is 0.772. The number of fused-ring (bicyclic) bond motifs is 1. The van der Waals surface area contributed by atoms with Crippen LogP contribution < -0.4 is 0 Å². The molecule has 3 nitrogen and oxygen atoms in total. The summed E-state index contributed by atoms with van der Waals surface area (Å²) in [4.78, 5) is 0.0227. The molecular weight excluding hydrogens is 219 g/mol. The van der Waals surface area contributed by atoms with E-state index in [4.69, 9.17) is 4.74 Å². The minimum atomic E-state index is -3.48. The van der Waals surface area contributed by atoms with E-state index >= 15 is 0 Å². The Labute approximate surface area is 87.1 Å². The second-order valence-corrected chi connectivity index (χ2v) is 5.00. The van der Waals surface area contributed by atoms with E-state index in [1.165, 1.54) is 25.3 Å². The van der Waals surface area contributed by atoms with Gasteiger partial charge in [0.15, 0.2) is 0 Å². The summed E-state index contributed by atoms with van der Waals surface area (Å²) in [6.45, 7) is 0.0904. The van der Waals surface area contributed by atoms with E-state index in [9.17, 15) is 12.8 Å². The third-order valence-corrected chi connectivity index (χ3v) is 3.75. The summed E-state index contributed by atoms with van der Waals surface area (Å²) in [5.74, 6) is -0.531. The zero-order chi connectivity index (χ0) is 11.1. The van der Waals surface area contributed by atoms with Crippen LogP contribution in [0.1, 0.15) is 5.56 Å². The molecule has 5 heteroatoms. The van der Waals surface area contributed by atoms with Crippen molar-refractivity contribution in [3.63, 3.8) is 0 Å². The number of sulfone groups is 1. The summed E-state index contributed by atoms with van der Waals surface area (Å²) in [5, 5.41) is 1.06. The van der Waals surface area contributed by atoms with Gasteiger partial charge in [-0.3, -0.25) is 0 Å². The van der Waals surface area contributed by atoms with Gasteiger partial charge in [-0.15, -0.1) is 0 Å². The first-order valence-corrected chi connectivity index (χ1v) is 5.84. The van der Waals surface area contributed by atoms with Crippen molar-refractivity contribution in [3.8, 4) is 0 Å². The molecule has 0 spiro atoms. The highest BCUT2D eigenvalue weighted by Gasteiger charge is 2.29. The fourth-order valence-corrected chi connectivity index (χ4v) is 3.09. The minimum Gasteiger partial charge on any atom is -0.380 e. The molecule has 0 N–H and O–H groups in total. The molecule has 2 rings (SSSR count). The van der Waals surface area contributed by atoms with Crippen molar-refractivity contribution < 1.29 is 17.5 Å². The van der Waals surface area contributed by atoms with E-state index in [1.807, 2.05) is 0 Å². The van der Waals surface area contributed by atoms with Crippen molar-refractivity contribution >= 4 is 15.4 Å². The van der Waals surface area contributed by atoms with Gasteiger partial charge in [-0.05, 0) is 12.1 Å². The Morgan fingerprint density at radius 3 is 2.80 bits per heavy atom. The predicted octanol–water partition coefficient (Wildman–Crippen LogP) is 1.60. The second kappa shape index (κ2) is 3.43. The third-order valence-electron chi connectivity index (χ3n) is 2.20. The van der Waals surface area contributed by atoms with Crippen molar-refractivity contribution in [3.05, 3.63) is 35.0 Å². The maximum atomic E-state index is 13.4. The van der Waals surface area contributed by atoms with E-state index in [0.717, 1.165) is 5.41 Å². The fraction of sp³-hybridized carbons (Fsp3) is 0.200. The highest BCUT2D eigenvalue weighted by molar-refractivity contribution is 7.95. The van der Waals surface area contributed by atoms with Gasteiger partial charge in [-0.25, -0.2) is 12.8 Å². The van der Waals surface area contributed by atoms with Crippen LogP contribution in [0.25, 0.3) is 5.57 Å². The maximum Gasteiger partial charge on any atom is 0.200 e. The molecule has 1 aliphatic heterocycles. The van der Waals surface area contributed by atoms with Crippen LogP contribution in [0.3, 0.4) is 0 Å². The standard InChI is InChI=1S/C10H9FO3S/c1-14-5-7-6-15(12,13)9-4-2-3-8(11)10(7)9/h2-4,6H,5H2,1H3. The van der Waals surface area contributed by atoms with Gasteiger partial charge in [-0.2, -0.15) is 0 Å². The summed E-state index contributed by atoms with van der Waals surface area (Å²) in [6.07, 6.45) is 0. The van der Waals surface area contributed by atoms with Crippen molar-refractivity contribution in [1.82, 2.24) is 0 Å². The monoisotopic (exact) mass is 228 g/mol. The lowest BCUT2D eigenvalue weighted by Gasteiger charge is -2.03. The number of benzene rings is 1. The molecule has 0 radical (unpaired) electrons. The molecule has 0 fully saturated rings. The summed E-state index contributed by atoms with van der Waals surface area (Å²) in [6, 6.07) is 4.02. The number of methoxy groups -OCH3 is 1. The largest absolute Gasteiger partial charge is 0.380 e. The molecule has 0 saturated carbocycles. The first kappa shape index (κ1) is 10.3. The molecule has 1 aromatic carbocycles. The number of rotatable bonds is 2. The topological polar surface area (TPSA) is 43.4 Å². The van der Waals surface area contributed by atoms with Gasteiger partial charge in [0.05, 0.1) is 11.5 Å². The lowest BCUT2D eigenvalue weighted by molar-refractivity contribution is 0.239. The van der Waals surface area contributed by atoms with Crippen LogP contribution in [0, 0.1) is 5.82 Å². The average molecular weight is 228 g/mol. The Morgan fingerprint density at radius 1 is 1.40 bits per heavy atom. The third kappa shape index (κ3) is 1.57. The van der Waals surface area contributed by atoms with Gasteiger partial charge in [0.1, 0.15) is 5.82 Å². The Morgan fingerprint density at radius 2 is 2.13 bits per heavy atom. The van der Waals surface area contributed by atoms with E-state index in [2.05, 4.69) is 0 Å². The van der Waals surface area contributed by atoms with Crippen LogP contribution in [0.2, 0.25) is 0 Å². The van der Waals surface area contributed by atoms with Crippen molar-refractivity contribution in [2.75, 3.05) is 13.7 Å². The SMILES string of the molecule is COCC1=CS(=O)(=O)c2cccc(F)c21. The van der Waals surface area contributed by atoms with Crippen LogP contribution in [-0.4, -0.2) is 22.1 Å². The molecule has 1 aromatic rings. The number of ether oxygens (including phenoxy) is 1. The Hall–Kier alpha value is -1.20. The molecule has 0 unspecified atom stereocenters. The molecule has 1 heterocycles. The van der Waals surface area contributed by atoms with E-state index in [0.29, 0.717) is 5.57 Å². The van der Waals surface area contributed by atoms with E-state index in [1.54, 1.807) is 0 Å². The number of halogens is 1. The van der Waals surface area contributed by atoms with Crippen molar-refractivity contribution in [2.45, 2.75) is 4.90 Å². The zero-order valence-corrected chi connectivity index (χ0v) is 8.84. The van der Waals surface area contributed by atoms with Gasteiger partial charge < -0.3 is 4.74 Å². The number of hydrogen-bond donors (Lipinski definition) is 0. The Balaban J connectivity index is 2.69. The molecule has 15 heavy (non-hydrogen) atoms. The van der Waals surface area contributed by atoms with Crippen LogP contribution in [0.5, 0.6) is 0 Å². The maximum absolute atomic E-state index is 13.4. The molecular formula is C10H9FO3S. The van der Waals surface area contributed by atoms with Gasteiger partial charge >= 0.3 is 0 Å². The molecule has 0 aliphatic carbocycles. The minimum absolute atomic E-state index is 0.0227. The lowest BCUT2D eigenvalue weighted by atomic mass is 10.1. The Bertz CT molecular complexity index is 532. The first-order valence-electron chi connectivity index (χ1n) is 4.30. The normalized spacial score (nSPS) is 17.3. The number of hydrogen-bond acceptors (Lipinski definition) is 3. The van der Waals surface area contributed by atoms with Crippen LogP contribution in [0.15, 0.2) is 28.5 Å². The van der Waals surface area contributed by atoms with Gasteiger partial charge in [0.25, 0.3) is 0 Å². The van der Waals surface area contributed by atoms with Gasteiger partial charge in [0, 0.05) is 23.7 Å². The molecule has 1 aliphatic rings. The van der Waals surface area contributed by atoms with Crippen LogP contribution >= 0.6 is 0 Å². The molecule has 0 bridgehead atoms. The highest BCUT2D eigenvalue weighted by Crippen LogP contribution is 2.34. The molecule has 80 valence electrons. The summed E-state index contributed by atoms with van der Waals surface area (Å²) < 4.78 is 41.5. The molecule has 0 atom stereocenters. The average Bonchev–Trinajstić information content (AvgIpc) is 2.41. The molecule has 0 aromatic heterocycles. The van der Waals surface area contributed by atoms with Crippen LogP contribution in [0.4, 0.5) is 4.39 Å². The first-order chi connectivity index (χ1) is 7.06. The van der Waals surface area contributed by atoms with Gasteiger partial charge in [-0.1, -0.05) is 6.07 Å². The zero-order valence-electron chi connectivity index (χ0n) is 8.03. The van der Waals surface area contributed by atoms with Crippen LogP contribution in [-0.2, 0) is 14.6 Å². The highest BCUT2D eigenvalue weighted by atomic mass is 32.2. The summed E-state index contributed by atoms with van der Waals surface area (Å²) in [7, 11) is -2.04. The smallest absolute Gasteiger partial charge is 0.200 e. The van der Waals surface area contributed by atoms with E-state index < -0.39 is 15.7 Å². The van der Waals surface area contributed by atoms with E-state index in [-0.39, 0.29) is 17.1 Å². The second-order valence-electron chi connectivity index (χ2n) is 3.23. The fourth-order valence-electron chi connectivity index (χ4n) is 1.62. The predicted molar refractivity (Wildman–Crippen MR) is 53.4 cm³/mol. The van der Waals surface area contributed by atoms with Gasteiger partial charge in [0.2, 0.25) is 9.84 Å². The summed E-state index contributed by atoms with van der Waals surface area (Å²) in [5.41, 5.74) is 0.505. The lowest BCUT2D eigenvalue weighted by Crippen LogP contribution is -1.97. The van der Waals surface area contributed by atoms with Crippen molar-refractivity contribution in [2.24, 2.45) is 0 Å². The molecule has 0 saturated heterocycles. The molecule has 0 amide bonds. The summed E-state index contributed by atoms with van der Waals surface area (Å²) >= 11 is 0.